The summed E-state index contributed by atoms with van der Waals surface area (Å²) in [6.45, 7) is 4.03. The fraction of sp³-hybridized carbons (Fsp3) is 0.833. The third kappa shape index (κ3) is 11.2. The number of rotatable bonds is 0. The zero-order valence-electron chi connectivity index (χ0n) is 5.91. The molecular formula is C6H15N3. The summed E-state index contributed by atoms with van der Waals surface area (Å²) in [5.41, 5.74) is 4.69. The van der Waals surface area contributed by atoms with Gasteiger partial charge in [-0.25, -0.2) is 0 Å². The van der Waals surface area contributed by atoms with Crippen LogP contribution in [0.5, 0.6) is 0 Å². The normalized spacial score (nSPS) is 16.1. The molecule has 0 saturated carbocycles. The van der Waals surface area contributed by atoms with Crippen LogP contribution in [-0.2, 0) is 0 Å². The summed E-state index contributed by atoms with van der Waals surface area (Å²) in [4.78, 5) is 0. The molecule has 0 unspecified atom stereocenters. The molecule has 0 amide bonds. The first-order valence-corrected chi connectivity index (χ1v) is 3.25. The Morgan fingerprint density at radius 2 is 1.78 bits per heavy atom. The number of hydrogen-bond donors (Lipinski definition) is 3. The Morgan fingerprint density at radius 1 is 1.44 bits per heavy atom. The molecule has 3 heteroatoms. The molecule has 9 heavy (non-hydrogen) atoms. The molecule has 1 saturated heterocycles. The number of nitrogens with two attached hydrogens (primary N) is 1. The van der Waals surface area contributed by atoms with Gasteiger partial charge in [0.2, 0.25) is 0 Å². The highest BCUT2D eigenvalue weighted by Gasteiger charge is 1.93. The first-order valence-electron chi connectivity index (χ1n) is 3.25. The van der Waals surface area contributed by atoms with Crippen LogP contribution in [0, 0.1) is 5.41 Å². The van der Waals surface area contributed by atoms with Crippen molar-refractivity contribution in [1.82, 2.24) is 5.32 Å². The molecular weight excluding hydrogens is 114 g/mol. The van der Waals surface area contributed by atoms with E-state index in [1.165, 1.54) is 32.9 Å². The van der Waals surface area contributed by atoms with Gasteiger partial charge in [0.05, 0.1) is 5.84 Å². The Bertz CT molecular complexity index is 64.8. The lowest BCUT2D eigenvalue weighted by Gasteiger charge is -1.76. The van der Waals surface area contributed by atoms with Gasteiger partial charge in [0.1, 0.15) is 0 Å². The average molecular weight is 129 g/mol. The third-order valence-corrected chi connectivity index (χ3v) is 0.957. The lowest BCUT2D eigenvalue weighted by atomic mass is 10.4. The fourth-order valence-electron chi connectivity index (χ4n) is 0.625. The Balaban J connectivity index is 0.000000148. The fourth-order valence-corrected chi connectivity index (χ4v) is 0.625. The molecule has 1 aliphatic heterocycles. The minimum Gasteiger partial charge on any atom is -0.388 e. The maximum atomic E-state index is 6.28. The summed E-state index contributed by atoms with van der Waals surface area (Å²) < 4.78 is 0. The highest BCUT2D eigenvalue weighted by molar-refractivity contribution is 5.73. The van der Waals surface area contributed by atoms with E-state index in [1.807, 2.05) is 0 Å². The molecule has 1 aliphatic rings. The van der Waals surface area contributed by atoms with E-state index < -0.39 is 0 Å². The van der Waals surface area contributed by atoms with Crippen molar-refractivity contribution in [2.75, 3.05) is 13.1 Å². The zero-order chi connectivity index (χ0) is 7.11. The molecule has 3 nitrogen and oxygen atoms in total. The van der Waals surface area contributed by atoms with Gasteiger partial charge < -0.3 is 11.1 Å². The molecule has 0 radical (unpaired) electrons. The van der Waals surface area contributed by atoms with Crippen LogP contribution in [0.25, 0.3) is 0 Å². The average Bonchev–Trinajstić information content (AvgIpc) is 2.11. The molecule has 1 rings (SSSR count). The Kier molecular flexibility index (Phi) is 5.21. The zero-order valence-corrected chi connectivity index (χ0v) is 5.91. The first kappa shape index (κ1) is 8.43. The smallest absolute Gasteiger partial charge is 0.0873 e. The van der Waals surface area contributed by atoms with Gasteiger partial charge in [-0.05, 0) is 32.9 Å². The molecule has 1 heterocycles. The van der Waals surface area contributed by atoms with Crippen LogP contribution in [0.3, 0.4) is 0 Å². The van der Waals surface area contributed by atoms with E-state index in [4.69, 9.17) is 11.1 Å². The van der Waals surface area contributed by atoms with Crippen molar-refractivity contribution in [1.29, 1.82) is 5.41 Å². The third-order valence-electron chi connectivity index (χ3n) is 0.957. The highest BCUT2D eigenvalue weighted by Crippen LogP contribution is 1.90. The van der Waals surface area contributed by atoms with Gasteiger partial charge in [-0.15, -0.1) is 0 Å². The van der Waals surface area contributed by atoms with Crippen molar-refractivity contribution in [3.05, 3.63) is 0 Å². The second-order valence-electron chi connectivity index (χ2n) is 2.14. The standard InChI is InChI=1S/C4H9N.C2H6N2/c1-2-4-5-3-1;1-2(3)4/h5H,1-4H2;1H3,(H3,3,4). The van der Waals surface area contributed by atoms with E-state index in [2.05, 4.69) is 5.32 Å². The Morgan fingerprint density at radius 3 is 1.89 bits per heavy atom. The number of nitrogens with one attached hydrogen (secondary N) is 2. The maximum absolute atomic E-state index is 6.28. The van der Waals surface area contributed by atoms with E-state index in [0.717, 1.165) is 0 Å². The van der Waals surface area contributed by atoms with Crippen molar-refractivity contribution in [3.63, 3.8) is 0 Å². The summed E-state index contributed by atoms with van der Waals surface area (Å²) in [5, 5.41) is 9.50. The number of hydrogen-bond acceptors (Lipinski definition) is 2. The molecule has 0 atom stereocenters. The van der Waals surface area contributed by atoms with E-state index >= 15 is 0 Å². The van der Waals surface area contributed by atoms with Gasteiger partial charge in [0.15, 0.2) is 0 Å². The maximum Gasteiger partial charge on any atom is 0.0873 e. The van der Waals surface area contributed by atoms with Gasteiger partial charge in [-0.2, -0.15) is 0 Å². The number of amidine groups is 1. The van der Waals surface area contributed by atoms with Crippen LogP contribution in [-0.4, -0.2) is 18.9 Å². The predicted octanol–water partition coefficient (Wildman–Crippen LogP) is 0.312. The van der Waals surface area contributed by atoms with Gasteiger partial charge in [0, 0.05) is 0 Å². The summed E-state index contributed by atoms with van der Waals surface area (Å²) in [6, 6.07) is 0. The highest BCUT2D eigenvalue weighted by atomic mass is 14.9. The van der Waals surface area contributed by atoms with E-state index in [1.54, 1.807) is 0 Å². The SMILES string of the molecule is C1CCNC1.CC(=N)N. The first-order chi connectivity index (χ1) is 4.23. The van der Waals surface area contributed by atoms with Gasteiger partial charge in [-0.3, -0.25) is 5.41 Å². The minimum atomic E-state index is 0.167. The van der Waals surface area contributed by atoms with E-state index in [0.29, 0.717) is 0 Å². The quantitative estimate of drug-likeness (QED) is 0.325. The Hall–Kier alpha value is -0.570. The minimum absolute atomic E-state index is 0.167. The van der Waals surface area contributed by atoms with Crippen molar-refractivity contribution < 1.29 is 0 Å². The molecule has 0 aromatic rings. The predicted molar refractivity (Wildman–Crippen MR) is 39.7 cm³/mol. The van der Waals surface area contributed by atoms with Crippen LogP contribution in [0.2, 0.25) is 0 Å². The Labute approximate surface area is 56.1 Å². The molecule has 4 N–H and O–H groups in total. The van der Waals surface area contributed by atoms with Gasteiger partial charge in [-0.1, -0.05) is 0 Å². The summed E-state index contributed by atoms with van der Waals surface area (Å²) in [7, 11) is 0. The second-order valence-corrected chi connectivity index (χ2v) is 2.14. The van der Waals surface area contributed by atoms with Gasteiger partial charge >= 0.3 is 0 Å². The molecule has 0 spiro atoms. The lowest BCUT2D eigenvalue weighted by Crippen LogP contribution is -2.03. The summed E-state index contributed by atoms with van der Waals surface area (Å²) in [6.07, 6.45) is 2.78. The molecule has 0 bridgehead atoms. The summed E-state index contributed by atoms with van der Waals surface area (Å²) >= 11 is 0. The van der Waals surface area contributed by atoms with E-state index in [-0.39, 0.29) is 5.84 Å². The topological polar surface area (TPSA) is 61.9 Å². The molecule has 54 valence electrons. The van der Waals surface area contributed by atoms with Crippen LogP contribution in [0.15, 0.2) is 0 Å². The van der Waals surface area contributed by atoms with Crippen LogP contribution in [0.4, 0.5) is 0 Å². The van der Waals surface area contributed by atoms with Crippen LogP contribution in [0.1, 0.15) is 19.8 Å². The van der Waals surface area contributed by atoms with Crippen molar-refractivity contribution >= 4 is 5.84 Å². The second kappa shape index (κ2) is 5.56. The largest absolute Gasteiger partial charge is 0.388 e. The van der Waals surface area contributed by atoms with Crippen molar-refractivity contribution in [3.8, 4) is 0 Å². The van der Waals surface area contributed by atoms with Crippen molar-refractivity contribution in [2.45, 2.75) is 19.8 Å². The summed E-state index contributed by atoms with van der Waals surface area (Å²) in [5.74, 6) is 0.167. The lowest BCUT2D eigenvalue weighted by molar-refractivity contribution is 0.857. The monoisotopic (exact) mass is 129 g/mol. The molecule has 0 aliphatic carbocycles. The van der Waals surface area contributed by atoms with Crippen LogP contribution < -0.4 is 11.1 Å². The van der Waals surface area contributed by atoms with Gasteiger partial charge in [0.25, 0.3) is 0 Å². The van der Waals surface area contributed by atoms with Crippen molar-refractivity contribution in [2.24, 2.45) is 5.73 Å². The molecule has 0 aromatic heterocycles. The van der Waals surface area contributed by atoms with Crippen LogP contribution >= 0.6 is 0 Å². The van der Waals surface area contributed by atoms with E-state index in [9.17, 15) is 0 Å². The molecule has 1 fully saturated rings. The molecule has 0 aromatic carbocycles.